The number of anilines is 2. The summed E-state index contributed by atoms with van der Waals surface area (Å²) in [6.45, 7) is 0.773. The number of hydrogen-bond acceptors (Lipinski definition) is 3. The quantitative estimate of drug-likeness (QED) is 0.884. The SMILES string of the molecule is CN(Cc1ccccc1N)c1ccncc1Br. The third-order valence-electron chi connectivity index (χ3n) is 2.62. The summed E-state index contributed by atoms with van der Waals surface area (Å²) in [6, 6.07) is 9.89. The van der Waals surface area contributed by atoms with E-state index in [2.05, 4.69) is 25.8 Å². The Hall–Kier alpha value is -1.55. The number of nitrogens with zero attached hydrogens (tertiary/aromatic N) is 2. The van der Waals surface area contributed by atoms with Gasteiger partial charge in [-0.2, -0.15) is 0 Å². The minimum Gasteiger partial charge on any atom is -0.398 e. The standard InChI is InChI=1S/C13H14BrN3/c1-17(13-6-7-16-8-11(13)14)9-10-4-2-3-5-12(10)15/h2-8H,9,15H2,1H3. The minimum atomic E-state index is 0.773. The number of para-hydroxylation sites is 1. The molecule has 0 spiro atoms. The molecule has 0 unspecified atom stereocenters. The summed E-state index contributed by atoms with van der Waals surface area (Å²) in [6.07, 6.45) is 3.57. The van der Waals surface area contributed by atoms with E-state index in [1.54, 1.807) is 12.4 Å². The van der Waals surface area contributed by atoms with Crippen LogP contribution in [-0.2, 0) is 6.54 Å². The second kappa shape index (κ2) is 5.19. The van der Waals surface area contributed by atoms with Crippen LogP contribution in [0.5, 0.6) is 0 Å². The van der Waals surface area contributed by atoms with Crippen molar-refractivity contribution in [1.82, 2.24) is 4.98 Å². The van der Waals surface area contributed by atoms with E-state index < -0.39 is 0 Å². The molecule has 0 aliphatic carbocycles. The lowest BCUT2D eigenvalue weighted by Crippen LogP contribution is -2.17. The molecule has 4 heteroatoms. The number of nitrogens with two attached hydrogens (primary N) is 1. The molecular weight excluding hydrogens is 278 g/mol. The lowest BCUT2D eigenvalue weighted by Gasteiger charge is -2.21. The first-order valence-electron chi connectivity index (χ1n) is 5.32. The maximum Gasteiger partial charge on any atom is 0.0592 e. The van der Waals surface area contributed by atoms with E-state index in [4.69, 9.17) is 5.73 Å². The summed E-state index contributed by atoms with van der Waals surface area (Å²) in [4.78, 5) is 6.19. The van der Waals surface area contributed by atoms with E-state index in [0.29, 0.717) is 0 Å². The van der Waals surface area contributed by atoms with Gasteiger partial charge in [0.15, 0.2) is 0 Å². The Labute approximate surface area is 109 Å². The number of aromatic nitrogens is 1. The zero-order chi connectivity index (χ0) is 12.3. The van der Waals surface area contributed by atoms with Crippen molar-refractivity contribution in [2.24, 2.45) is 0 Å². The van der Waals surface area contributed by atoms with Crippen LogP contribution in [0.1, 0.15) is 5.56 Å². The van der Waals surface area contributed by atoms with Gasteiger partial charge in [-0.05, 0) is 33.6 Å². The molecule has 0 saturated carbocycles. The number of pyridine rings is 1. The monoisotopic (exact) mass is 291 g/mol. The molecule has 0 aliphatic rings. The molecule has 3 nitrogen and oxygen atoms in total. The average molecular weight is 292 g/mol. The van der Waals surface area contributed by atoms with Crippen LogP contribution in [0.25, 0.3) is 0 Å². The summed E-state index contributed by atoms with van der Waals surface area (Å²) in [7, 11) is 2.03. The minimum absolute atomic E-state index is 0.773. The highest BCUT2D eigenvalue weighted by Gasteiger charge is 2.07. The molecule has 2 aromatic rings. The van der Waals surface area contributed by atoms with Crippen molar-refractivity contribution in [1.29, 1.82) is 0 Å². The highest BCUT2D eigenvalue weighted by molar-refractivity contribution is 9.10. The normalized spacial score (nSPS) is 10.2. The average Bonchev–Trinajstić information content (AvgIpc) is 2.32. The van der Waals surface area contributed by atoms with Crippen LogP contribution in [0.4, 0.5) is 11.4 Å². The molecular formula is C13H14BrN3. The van der Waals surface area contributed by atoms with Gasteiger partial charge >= 0.3 is 0 Å². The smallest absolute Gasteiger partial charge is 0.0592 e. The third-order valence-corrected chi connectivity index (χ3v) is 3.24. The Morgan fingerprint density at radius 2 is 2.06 bits per heavy atom. The van der Waals surface area contributed by atoms with Gasteiger partial charge in [0.05, 0.1) is 10.2 Å². The number of nitrogen functional groups attached to an aromatic ring is 1. The summed E-state index contributed by atoms with van der Waals surface area (Å²) >= 11 is 3.49. The molecule has 0 aliphatic heterocycles. The molecule has 1 aromatic carbocycles. The predicted molar refractivity (Wildman–Crippen MR) is 74.9 cm³/mol. The number of halogens is 1. The van der Waals surface area contributed by atoms with E-state index in [-0.39, 0.29) is 0 Å². The Morgan fingerprint density at radius 3 is 2.76 bits per heavy atom. The predicted octanol–water partition coefficient (Wildman–Crippen LogP) is 3.06. The molecule has 1 heterocycles. The number of benzene rings is 1. The number of rotatable bonds is 3. The summed E-state index contributed by atoms with van der Waals surface area (Å²) < 4.78 is 0.983. The lowest BCUT2D eigenvalue weighted by atomic mass is 10.1. The van der Waals surface area contributed by atoms with E-state index in [1.807, 2.05) is 37.4 Å². The first kappa shape index (κ1) is 11.9. The van der Waals surface area contributed by atoms with Gasteiger partial charge in [-0.3, -0.25) is 4.98 Å². The van der Waals surface area contributed by atoms with Gasteiger partial charge in [0, 0.05) is 31.7 Å². The Kier molecular flexibility index (Phi) is 3.64. The van der Waals surface area contributed by atoms with E-state index in [0.717, 1.165) is 28.0 Å². The largest absolute Gasteiger partial charge is 0.398 e. The zero-order valence-corrected chi connectivity index (χ0v) is 11.2. The summed E-state index contributed by atoms with van der Waals surface area (Å²) in [5.74, 6) is 0. The fourth-order valence-corrected chi connectivity index (χ4v) is 2.25. The molecule has 0 atom stereocenters. The first-order chi connectivity index (χ1) is 8.18. The van der Waals surface area contributed by atoms with Gasteiger partial charge in [0.25, 0.3) is 0 Å². The van der Waals surface area contributed by atoms with Crippen LogP contribution in [0, 0.1) is 0 Å². The van der Waals surface area contributed by atoms with Crippen molar-refractivity contribution in [2.75, 3.05) is 17.7 Å². The van der Waals surface area contributed by atoms with Crippen LogP contribution in [0.3, 0.4) is 0 Å². The molecule has 0 bridgehead atoms. The highest BCUT2D eigenvalue weighted by atomic mass is 79.9. The van der Waals surface area contributed by atoms with Gasteiger partial charge in [0.2, 0.25) is 0 Å². The maximum atomic E-state index is 5.93. The van der Waals surface area contributed by atoms with Gasteiger partial charge < -0.3 is 10.6 Å². The Balaban J connectivity index is 2.20. The van der Waals surface area contributed by atoms with Crippen molar-refractivity contribution in [3.8, 4) is 0 Å². The van der Waals surface area contributed by atoms with Gasteiger partial charge in [-0.25, -0.2) is 0 Å². The van der Waals surface area contributed by atoms with E-state index in [1.165, 1.54) is 0 Å². The molecule has 0 radical (unpaired) electrons. The fraction of sp³-hybridized carbons (Fsp3) is 0.154. The third kappa shape index (κ3) is 2.77. The van der Waals surface area contributed by atoms with Crippen molar-refractivity contribution < 1.29 is 0 Å². The first-order valence-corrected chi connectivity index (χ1v) is 6.12. The molecule has 2 N–H and O–H groups in total. The van der Waals surface area contributed by atoms with E-state index >= 15 is 0 Å². The Bertz CT molecular complexity index is 514. The van der Waals surface area contributed by atoms with Crippen molar-refractivity contribution in [2.45, 2.75) is 6.54 Å². The van der Waals surface area contributed by atoms with Crippen LogP contribution in [-0.4, -0.2) is 12.0 Å². The topological polar surface area (TPSA) is 42.1 Å². The summed E-state index contributed by atoms with van der Waals surface area (Å²) in [5, 5.41) is 0. The Morgan fingerprint density at radius 1 is 1.29 bits per heavy atom. The second-order valence-corrected chi connectivity index (χ2v) is 4.74. The molecule has 1 aromatic heterocycles. The maximum absolute atomic E-state index is 5.93. The van der Waals surface area contributed by atoms with Crippen LogP contribution in [0.15, 0.2) is 47.2 Å². The van der Waals surface area contributed by atoms with Crippen molar-refractivity contribution in [3.05, 3.63) is 52.8 Å². The van der Waals surface area contributed by atoms with Gasteiger partial charge in [-0.1, -0.05) is 18.2 Å². The second-order valence-electron chi connectivity index (χ2n) is 3.88. The van der Waals surface area contributed by atoms with Gasteiger partial charge in [-0.15, -0.1) is 0 Å². The van der Waals surface area contributed by atoms with Gasteiger partial charge in [0.1, 0.15) is 0 Å². The molecule has 17 heavy (non-hydrogen) atoms. The van der Waals surface area contributed by atoms with Crippen LogP contribution < -0.4 is 10.6 Å². The van der Waals surface area contributed by atoms with E-state index in [9.17, 15) is 0 Å². The van der Waals surface area contributed by atoms with Crippen LogP contribution >= 0.6 is 15.9 Å². The van der Waals surface area contributed by atoms with Crippen molar-refractivity contribution in [3.63, 3.8) is 0 Å². The molecule has 0 saturated heterocycles. The fourth-order valence-electron chi connectivity index (χ4n) is 1.70. The molecule has 0 fully saturated rings. The van der Waals surface area contributed by atoms with Crippen LogP contribution in [0.2, 0.25) is 0 Å². The molecule has 0 amide bonds. The van der Waals surface area contributed by atoms with Crippen molar-refractivity contribution >= 4 is 27.3 Å². The lowest BCUT2D eigenvalue weighted by molar-refractivity contribution is 0.919. The highest BCUT2D eigenvalue weighted by Crippen LogP contribution is 2.25. The molecule has 2 rings (SSSR count). The number of hydrogen-bond donors (Lipinski definition) is 1. The summed E-state index contributed by atoms with van der Waals surface area (Å²) in [5.41, 5.74) is 8.98. The zero-order valence-electron chi connectivity index (χ0n) is 9.60. The molecule has 88 valence electrons.